The molecule has 2 aromatic heterocycles. The second-order valence-electron chi connectivity index (χ2n) is 7.18. The Balaban J connectivity index is 1.23. The highest BCUT2D eigenvalue weighted by atomic mass is 32.2. The van der Waals surface area contributed by atoms with Gasteiger partial charge < -0.3 is 9.64 Å². The Morgan fingerprint density at radius 1 is 1.15 bits per heavy atom. The number of aromatic nitrogens is 2. The van der Waals surface area contributed by atoms with Crippen molar-refractivity contribution in [3.63, 3.8) is 0 Å². The molecular formula is C21H19N3O2S. The van der Waals surface area contributed by atoms with Crippen LogP contribution in [0.15, 0.2) is 60.9 Å². The zero-order valence-electron chi connectivity index (χ0n) is 14.7. The minimum atomic E-state index is 0.0635. The van der Waals surface area contributed by atoms with Crippen molar-refractivity contribution in [2.45, 2.75) is 17.3 Å². The highest BCUT2D eigenvalue weighted by Gasteiger charge is 2.51. The number of para-hydroxylation sites is 1. The predicted molar refractivity (Wildman–Crippen MR) is 106 cm³/mol. The van der Waals surface area contributed by atoms with Gasteiger partial charge in [0, 0.05) is 49.1 Å². The van der Waals surface area contributed by atoms with E-state index >= 15 is 0 Å². The molecule has 5 rings (SSSR count). The largest absolute Gasteiger partial charge is 0.473 e. The van der Waals surface area contributed by atoms with Crippen molar-refractivity contribution in [3.8, 4) is 5.88 Å². The van der Waals surface area contributed by atoms with Gasteiger partial charge >= 0.3 is 0 Å². The van der Waals surface area contributed by atoms with Crippen LogP contribution in [0.3, 0.4) is 0 Å². The van der Waals surface area contributed by atoms with Crippen molar-refractivity contribution in [2.75, 3.05) is 18.8 Å². The molecule has 1 amide bonds. The highest BCUT2D eigenvalue weighted by Crippen LogP contribution is 2.46. The number of hydrogen-bond donors (Lipinski definition) is 0. The van der Waals surface area contributed by atoms with Gasteiger partial charge in [0.2, 0.25) is 5.88 Å². The van der Waals surface area contributed by atoms with Gasteiger partial charge in [0.25, 0.3) is 5.91 Å². The number of hydrogen-bond acceptors (Lipinski definition) is 5. The van der Waals surface area contributed by atoms with E-state index in [1.165, 1.54) is 0 Å². The smallest absolute Gasteiger partial charge is 0.255 e. The normalized spacial score (nSPS) is 20.6. The van der Waals surface area contributed by atoms with E-state index in [0.717, 1.165) is 36.2 Å². The van der Waals surface area contributed by atoms with E-state index in [0.29, 0.717) is 11.4 Å². The predicted octanol–water partition coefficient (Wildman–Crippen LogP) is 3.41. The van der Waals surface area contributed by atoms with Crippen molar-refractivity contribution in [1.82, 2.24) is 14.9 Å². The Kier molecular flexibility index (Phi) is 4.01. The van der Waals surface area contributed by atoms with E-state index < -0.39 is 0 Å². The lowest BCUT2D eigenvalue weighted by Crippen LogP contribution is -2.60. The summed E-state index contributed by atoms with van der Waals surface area (Å²) in [5.74, 6) is 1.68. The highest BCUT2D eigenvalue weighted by molar-refractivity contribution is 8.01. The number of thioether (sulfide) groups is 1. The van der Waals surface area contributed by atoms with E-state index in [2.05, 4.69) is 9.97 Å². The number of benzene rings is 1. The fourth-order valence-corrected chi connectivity index (χ4v) is 5.37. The first-order valence-corrected chi connectivity index (χ1v) is 10.1. The van der Waals surface area contributed by atoms with Crippen LogP contribution in [0.2, 0.25) is 0 Å². The molecular weight excluding hydrogens is 358 g/mol. The molecule has 0 radical (unpaired) electrons. The van der Waals surface area contributed by atoms with Crippen LogP contribution in [0.5, 0.6) is 5.88 Å². The molecule has 136 valence electrons. The third-order valence-electron chi connectivity index (χ3n) is 5.18. The minimum absolute atomic E-state index is 0.0635. The molecule has 1 spiro atoms. The number of pyridine rings is 2. The van der Waals surface area contributed by atoms with E-state index in [9.17, 15) is 4.79 Å². The summed E-state index contributed by atoms with van der Waals surface area (Å²) in [4.78, 5) is 23.4. The number of rotatable bonds is 3. The summed E-state index contributed by atoms with van der Waals surface area (Å²) in [6, 6.07) is 15.5. The Bertz CT molecular complexity index is 989. The van der Waals surface area contributed by atoms with Gasteiger partial charge in [-0.2, -0.15) is 0 Å². The summed E-state index contributed by atoms with van der Waals surface area (Å²) in [6.45, 7) is 1.54. The molecule has 2 aliphatic rings. The topological polar surface area (TPSA) is 55.3 Å². The van der Waals surface area contributed by atoms with Crippen LogP contribution in [0.25, 0.3) is 10.9 Å². The molecule has 27 heavy (non-hydrogen) atoms. The lowest BCUT2D eigenvalue weighted by atomic mass is 9.92. The maximum atomic E-state index is 12.8. The Morgan fingerprint density at radius 3 is 2.85 bits per heavy atom. The van der Waals surface area contributed by atoms with Crippen LogP contribution in [-0.2, 0) is 0 Å². The summed E-state index contributed by atoms with van der Waals surface area (Å²) in [6.07, 6.45) is 4.54. The molecule has 2 fully saturated rings. The number of carbonyl (C=O) groups is 1. The molecule has 2 aliphatic heterocycles. The Morgan fingerprint density at radius 2 is 2.00 bits per heavy atom. The van der Waals surface area contributed by atoms with E-state index in [4.69, 9.17) is 4.74 Å². The lowest BCUT2D eigenvalue weighted by Gasteiger charge is -2.47. The van der Waals surface area contributed by atoms with Gasteiger partial charge in [-0.3, -0.25) is 9.78 Å². The van der Waals surface area contributed by atoms with Crippen LogP contribution >= 0.6 is 11.8 Å². The molecule has 0 aliphatic carbocycles. The second-order valence-corrected chi connectivity index (χ2v) is 8.67. The quantitative estimate of drug-likeness (QED) is 0.700. The fourth-order valence-electron chi connectivity index (χ4n) is 3.85. The SMILES string of the molecule is O=C(c1cnc2ccccc2c1)N1CC2(C[C@@H](Oc3ccccn3)CS2)C1. The minimum Gasteiger partial charge on any atom is -0.473 e. The first-order chi connectivity index (χ1) is 13.2. The van der Waals surface area contributed by atoms with Gasteiger partial charge in [0.1, 0.15) is 6.10 Å². The molecule has 2 saturated heterocycles. The molecule has 6 heteroatoms. The van der Waals surface area contributed by atoms with Crippen LogP contribution < -0.4 is 4.74 Å². The second kappa shape index (κ2) is 6.53. The molecule has 0 N–H and O–H groups in total. The van der Waals surface area contributed by atoms with Crippen LogP contribution in [0.4, 0.5) is 0 Å². The molecule has 0 unspecified atom stereocenters. The number of carbonyl (C=O) groups excluding carboxylic acids is 1. The molecule has 4 heterocycles. The van der Waals surface area contributed by atoms with Gasteiger partial charge in [-0.15, -0.1) is 11.8 Å². The zero-order valence-corrected chi connectivity index (χ0v) is 15.6. The van der Waals surface area contributed by atoms with Crippen molar-refractivity contribution < 1.29 is 9.53 Å². The molecule has 1 atom stereocenters. The summed E-state index contributed by atoms with van der Waals surface area (Å²) in [5.41, 5.74) is 1.57. The zero-order chi connectivity index (χ0) is 18.3. The average molecular weight is 377 g/mol. The van der Waals surface area contributed by atoms with E-state index in [-0.39, 0.29) is 16.8 Å². The van der Waals surface area contributed by atoms with Crippen molar-refractivity contribution in [3.05, 3.63) is 66.5 Å². The van der Waals surface area contributed by atoms with Gasteiger partial charge in [0.05, 0.1) is 15.8 Å². The Hall–Kier alpha value is -2.60. The Labute approximate surface area is 161 Å². The first kappa shape index (κ1) is 16.6. The van der Waals surface area contributed by atoms with E-state index in [1.54, 1.807) is 12.4 Å². The monoisotopic (exact) mass is 377 g/mol. The molecule has 0 saturated carbocycles. The van der Waals surface area contributed by atoms with Gasteiger partial charge in [-0.25, -0.2) is 4.98 Å². The number of fused-ring (bicyclic) bond motifs is 1. The average Bonchev–Trinajstić information content (AvgIpc) is 3.11. The van der Waals surface area contributed by atoms with Crippen LogP contribution in [0, 0.1) is 0 Å². The maximum absolute atomic E-state index is 12.8. The van der Waals surface area contributed by atoms with Crippen LogP contribution in [-0.4, -0.2) is 50.5 Å². The molecule has 3 aromatic rings. The number of ether oxygens (including phenoxy) is 1. The third kappa shape index (κ3) is 3.14. The first-order valence-electron chi connectivity index (χ1n) is 9.07. The van der Waals surface area contributed by atoms with Gasteiger partial charge in [-0.1, -0.05) is 24.3 Å². The van der Waals surface area contributed by atoms with Gasteiger partial charge in [0.15, 0.2) is 0 Å². The van der Waals surface area contributed by atoms with Crippen molar-refractivity contribution in [1.29, 1.82) is 0 Å². The summed E-state index contributed by atoms with van der Waals surface area (Å²) >= 11 is 1.92. The van der Waals surface area contributed by atoms with Crippen LogP contribution in [0.1, 0.15) is 16.8 Å². The van der Waals surface area contributed by atoms with Crippen molar-refractivity contribution >= 4 is 28.6 Å². The molecule has 0 bridgehead atoms. The number of nitrogens with zero attached hydrogens (tertiary/aromatic N) is 3. The van der Waals surface area contributed by atoms with E-state index in [1.807, 2.05) is 65.2 Å². The molecule has 1 aromatic carbocycles. The molecule has 5 nitrogen and oxygen atoms in total. The lowest BCUT2D eigenvalue weighted by molar-refractivity contribution is 0.0515. The van der Waals surface area contributed by atoms with Crippen molar-refractivity contribution in [2.24, 2.45) is 0 Å². The fraction of sp³-hybridized carbons (Fsp3) is 0.286. The number of likely N-dealkylation sites (tertiary alicyclic amines) is 1. The number of amides is 1. The maximum Gasteiger partial charge on any atom is 0.255 e. The van der Waals surface area contributed by atoms with Gasteiger partial charge in [-0.05, 0) is 18.2 Å². The summed E-state index contributed by atoms with van der Waals surface area (Å²) in [5, 5.41) is 0.998. The summed E-state index contributed by atoms with van der Waals surface area (Å²) < 4.78 is 6.11. The third-order valence-corrected chi connectivity index (χ3v) is 6.76. The summed E-state index contributed by atoms with van der Waals surface area (Å²) in [7, 11) is 0. The standard InChI is InChI=1S/C21H19N3O2S/c25-20(16-9-15-5-1-2-6-18(15)23-11-16)24-13-21(14-24)10-17(12-27-21)26-19-7-3-4-8-22-19/h1-9,11,17H,10,12-14H2/t17-/m1/s1.